The SMILES string of the molecule is Cn1ncc(-n2cc(C(=O)O)ccc2=O)c1Cl. The predicted molar refractivity (Wildman–Crippen MR) is 60.8 cm³/mol. The molecule has 0 aliphatic carbocycles. The van der Waals surface area contributed by atoms with Crippen LogP contribution in [-0.4, -0.2) is 25.4 Å². The smallest absolute Gasteiger partial charge is 0.337 e. The number of nitrogens with zero attached hydrogens (tertiary/aromatic N) is 3. The Morgan fingerprint density at radius 1 is 1.47 bits per heavy atom. The van der Waals surface area contributed by atoms with Crippen molar-refractivity contribution < 1.29 is 9.90 Å². The molecule has 2 rings (SSSR count). The number of halogens is 1. The Hall–Kier alpha value is -2.08. The molecule has 0 saturated carbocycles. The molecule has 0 aliphatic rings. The maximum absolute atomic E-state index is 11.6. The molecule has 0 unspecified atom stereocenters. The highest BCUT2D eigenvalue weighted by molar-refractivity contribution is 6.31. The quantitative estimate of drug-likeness (QED) is 0.863. The first-order valence-electron chi connectivity index (χ1n) is 4.64. The molecule has 2 heterocycles. The average Bonchev–Trinajstić information content (AvgIpc) is 2.60. The van der Waals surface area contributed by atoms with Crippen molar-refractivity contribution in [3.63, 3.8) is 0 Å². The van der Waals surface area contributed by atoms with Gasteiger partial charge in [-0.05, 0) is 6.07 Å². The maximum Gasteiger partial charge on any atom is 0.337 e. The second kappa shape index (κ2) is 4.06. The van der Waals surface area contributed by atoms with E-state index in [0.717, 1.165) is 4.57 Å². The van der Waals surface area contributed by atoms with Crippen molar-refractivity contribution in [1.82, 2.24) is 14.3 Å². The number of hydrogen-bond acceptors (Lipinski definition) is 3. The molecular weight excluding hydrogens is 246 g/mol. The van der Waals surface area contributed by atoms with Gasteiger partial charge < -0.3 is 5.11 Å². The Labute approximate surface area is 101 Å². The Kier molecular flexibility index (Phi) is 2.72. The summed E-state index contributed by atoms with van der Waals surface area (Å²) >= 11 is 5.94. The first-order chi connectivity index (χ1) is 8.00. The monoisotopic (exact) mass is 253 g/mol. The molecule has 0 aliphatic heterocycles. The normalized spacial score (nSPS) is 10.5. The van der Waals surface area contributed by atoms with E-state index in [9.17, 15) is 9.59 Å². The molecule has 0 amide bonds. The number of aromatic carboxylic acids is 1. The summed E-state index contributed by atoms with van der Waals surface area (Å²) in [6.45, 7) is 0. The molecule has 6 nitrogen and oxygen atoms in total. The van der Waals surface area contributed by atoms with Crippen LogP contribution in [0.15, 0.2) is 29.3 Å². The Morgan fingerprint density at radius 3 is 2.71 bits per heavy atom. The molecule has 7 heteroatoms. The first-order valence-corrected chi connectivity index (χ1v) is 5.02. The molecule has 0 saturated heterocycles. The number of rotatable bonds is 2. The van der Waals surface area contributed by atoms with Crippen molar-refractivity contribution in [3.8, 4) is 5.69 Å². The van der Waals surface area contributed by atoms with Gasteiger partial charge in [-0.15, -0.1) is 0 Å². The molecule has 88 valence electrons. The lowest BCUT2D eigenvalue weighted by molar-refractivity contribution is 0.0696. The molecule has 0 atom stereocenters. The molecule has 2 aromatic rings. The second-order valence-corrected chi connectivity index (χ2v) is 3.73. The van der Waals surface area contributed by atoms with Crippen LogP contribution in [-0.2, 0) is 7.05 Å². The van der Waals surface area contributed by atoms with Gasteiger partial charge in [0.2, 0.25) is 0 Å². The first kappa shape index (κ1) is 11.4. The minimum atomic E-state index is -1.11. The molecule has 0 radical (unpaired) electrons. The van der Waals surface area contributed by atoms with Crippen molar-refractivity contribution in [3.05, 3.63) is 45.6 Å². The summed E-state index contributed by atoms with van der Waals surface area (Å²) in [5.41, 5.74) is -0.0170. The van der Waals surface area contributed by atoms with Crippen LogP contribution in [0.4, 0.5) is 0 Å². The van der Waals surface area contributed by atoms with Gasteiger partial charge in [-0.2, -0.15) is 5.10 Å². The summed E-state index contributed by atoms with van der Waals surface area (Å²) in [6, 6.07) is 2.41. The minimum absolute atomic E-state index is 0.00418. The number of carboxylic acids is 1. The number of aryl methyl sites for hydroxylation is 1. The number of aromatic nitrogens is 3. The molecule has 0 spiro atoms. The summed E-state index contributed by atoms with van der Waals surface area (Å²) in [7, 11) is 1.62. The van der Waals surface area contributed by atoms with E-state index in [1.165, 1.54) is 29.2 Å². The Bertz CT molecular complexity index is 644. The van der Waals surface area contributed by atoms with Crippen LogP contribution in [0.5, 0.6) is 0 Å². The van der Waals surface area contributed by atoms with Gasteiger partial charge in [0, 0.05) is 19.3 Å². The molecule has 0 aromatic carbocycles. The number of hydrogen-bond donors (Lipinski definition) is 1. The fourth-order valence-corrected chi connectivity index (χ4v) is 1.56. The fourth-order valence-electron chi connectivity index (χ4n) is 1.37. The summed E-state index contributed by atoms with van der Waals surface area (Å²) in [5, 5.41) is 13.0. The van der Waals surface area contributed by atoms with Crippen LogP contribution < -0.4 is 5.56 Å². The topological polar surface area (TPSA) is 77.1 Å². The van der Waals surface area contributed by atoms with Crippen LogP contribution in [0.1, 0.15) is 10.4 Å². The van der Waals surface area contributed by atoms with E-state index in [2.05, 4.69) is 5.10 Å². The van der Waals surface area contributed by atoms with Gasteiger partial charge in [-0.25, -0.2) is 4.79 Å². The van der Waals surface area contributed by atoms with Crippen LogP contribution >= 0.6 is 11.6 Å². The second-order valence-electron chi connectivity index (χ2n) is 3.38. The number of carbonyl (C=O) groups is 1. The summed E-state index contributed by atoms with van der Waals surface area (Å²) in [4.78, 5) is 22.4. The average molecular weight is 254 g/mol. The molecule has 2 aromatic heterocycles. The van der Waals surface area contributed by atoms with Gasteiger partial charge in [0.15, 0.2) is 5.15 Å². The van der Waals surface area contributed by atoms with Gasteiger partial charge in [-0.1, -0.05) is 11.6 Å². The van der Waals surface area contributed by atoms with Crippen molar-refractivity contribution in [2.24, 2.45) is 7.05 Å². The van der Waals surface area contributed by atoms with Crippen molar-refractivity contribution >= 4 is 17.6 Å². The van der Waals surface area contributed by atoms with E-state index in [1.54, 1.807) is 7.05 Å². The third kappa shape index (κ3) is 1.94. The highest BCUT2D eigenvalue weighted by Crippen LogP contribution is 2.17. The van der Waals surface area contributed by atoms with E-state index < -0.39 is 5.97 Å². The van der Waals surface area contributed by atoms with Crippen LogP contribution in [0.2, 0.25) is 5.15 Å². The van der Waals surface area contributed by atoms with E-state index in [0.29, 0.717) is 5.69 Å². The van der Waals surface area contributed by atoms with Gasteiger partial charge in [0.05, 0.1) is 11.8 Å². The van der Waals surface area contributed by atoms with E-state index in [1.807, 2.05) is 0 Å². The molecule has 0 fully saturated rings. The van der Waals surface area contributed by atoms with Gasteiger partial charge >= 0.3 is 5.97 Å². The third-order valence-corrected chi connectivity index (χ3v) is 2.70. The minimum Gasteiger partial charge on any atom is -0.478 e. The van der Waals surface area contributed by atoms with Crippen molar-refractivity contribution in [2.75, 3.05) is 0 Å². The number of pyridine rings is 1. The molecule has 17 heavy (non-hydrogen) atoms. The zero-order valence-electron chi connectivity index (χ0n) is 8.79. The van der Waals surface area contributed by atoms with Crippen molar-refractivity contribution in [1.29, 1.82) is 0 Å². The highest BCUT2D eigenvalue weighted by atomic mass is 35.5. The van der Waals surface area contributed by atoms with Gasteiger partial charge in [-0.3, -0.25) is 14.0 Å². The lowest BCUT2D eigenvalue weighted by Gasteiger charge is -2.04. The molecule has 1 N–H and O–H groups in total. The van der Waals surface area contributed by atoms with Crippen molar-refractivity contribution in [2.45, 2.75) is 0 Å². The zero-order chi connectivity index (χ0) is 12.6. The highest BCUT2D eigenvalue weighted by Gasteiger charge is 2.11. The Morgan fingerprint density at radius 2 is 2.18 bits per heavy atom. The summed E-state index contributed by atoms with van der Waals surface area (Å²) < 4.78 is 2.54. The predicted octanol–water partition coefficient (Wildman–Crippen LogP) is 0.923. The molecular formula is C10H8ClN3O3. The zero-order valence-corrected chi connectivity index (χ0v) is 9.55. The van der Waals surface area contributed by atoms with Gasteiger partial charge in [0.25, 0.3) is 5.56 Å². The summed E-state index contributed by atoms with van der Waals surface area (Å²) in [5.74, 6) is -1.11. The number of carboxylic acid groups (broad SMARTS) is 1. The fraction of sp³-hybridized carbons (Fsp3) is 0.100. The van der Waals surface area contributed by atoms with Crippen LogP contribution in [0.25, 0.3) is 5.69 Å². The van der Waals surface area contributed by atoms with E-state index in [4.69, 9.17) is 16.7 Å². The third-order valence-electron chi connectivity index (χ3n) is 2.27. The van der Waals surface area contributed by atoms with Crippen LogP contribution in [0.3, 0.4) is 0 Å². The van der Waals surface area contributed by atoms with E-state index >= 15 is 0 Å². The van der Waals surface area contributed by atoms with E-state index in [-0.39, 0.29) is 16.3 Å². The standard InChI is InChI=1S/C10H8ClN3O3/c1-13-9(11)7(4-12-13)14-5-6(10(16)17)2-3-8(14)15/h2-5H,1H3,(H,16,17). The molecule has 0 bridgehead atoms. The van der Waals surface area contributed by atoms with Gasteiger partial charge in [0.1, 0.15) is 5.69 Å². The lowest BCUT2D eigenvalue weighted by Crippen LogP contribution is -2.18. The summed E-state index contributed by atoms with van der Waals surface area (Å²) in [6.07, 6.45) is 2.61. The van der Waals surface area contributed by atoms with Crippen LogP contribution in [0, 0.1) is 0 Å². The maximum atomic E-state index is 11.6. The lowest BCUT2D eigenvalue weighted by atomic mass is 10.3. The largest absolute Gasteiger partial charge is 0.478 e. The Balaban J connectivity index is 2.66.